The molecule has 38 heavy (non-hydrogen) atoms. The molecular formula is C26H25ClN6O4S. The Morgan fingerprint density at radius 3 is 2.87 bits per heavy atom. The Labute approximate surface area is 228 Å². The number of carbonyl (C=O) groups is 1. The van der Waals surface area contributed by atoms with Crippen LogP contribution in [-0.4, -0.2) is 48.3 Å². The first-order valence-corrected chi connectivity index (χ1v) is 12.9. The number of carbonyl (C=O) groups excluding carboxylic acids is 1. The zero-order valence-corrected chi connectivity index (χ0v) is 22.0. The number of nitrogens with zero attached hydrogens (tertiary/aromatic N) is 4. The lowest BCUT2D eigenvalue weighted by Crippen LogP contribution is -2.18. The maximum absolute atomic E-state index is 11.7. The Morgan fingerprint density at radius 1 is 1.39 bits per heavy atom. The molecule has 2 atom stereocenters. The molecule has 1 fully saturated rings. The summed E-state index contributed by atoms with van der Waals surface area (Å²) in [6.45, 7) is 0.650. The number of aliphatic hydroxyl groups excluding tert-OH is 1. The van der Waals surface area contributed by atoms with Gasteiger partial charge in [0.25, 0.3) is 0 Å². The highest BCUT2D eigenvalue weighted by Crippen LogP contribution is 2.41. The molecular weight excluding hydrogens is 528 g/mol. The van der Waals surface area contributed by atoms with E-state index < -0.39 is 12.2 Å². The number of halogens is 1. The summed E-state index contributed by atoms with van der Waals surface area (Å²) < 4.78 is 10.2. The summed E-state index contributed by atoms with van der Waals surface area (Å²) in [5.74, 6) is 0.316. The van der Waals surface area contributed by atoms with Gasteiger partial charge in [0.2, 0.25) is 0 Å². The van der Waals surface area contributed by atoms with Crippen molar-refractivity contribution in [3.63, 3.8) is 0 Å². The quantitative estimate of drug-likeness (QED) is 0.279. The molecule has 0 radical (unpaired) electrons. The SMILES string of the molecule is COC(=O)Nc1cc(-c2sc(C(N)=N/C=N/C3CCCCO3)c(C(O)c3ccc(Cl)cc3)c2C#N)ccn1. The summed E-state index contributed by atoms with van der Waals surface area (Å²) >= 11 is 7.22. The number of hydrogen-bond donors (Lipinski definition) is 3. The maximum atomic E-state index is 11.7. The number of nitriles is 1. The van der Waals surface area contributed by atoms with E-state index in [-0.39, 0.29) is 23.4 Å². The van der Waals surface area contributed by atoms with Crippen molar-refractivity contribution in [2.24, 2.45) is 15.7 Å². The standard InChI is InChI=1S/C26H25ClN6O4S/c1-36-26(35)33-19-12-16(9-10-30-19)23-18(13-28)21(22(34)15-5-7-17(27)8-6-15)24(38-23)25(29)32-14-31-20-4-2-3-11-37-20/h5-10,12,14,20,22,34H,2-4,11H2,1H3,(H2,29,31,32)(H,30,33,35). The van der Waals surface area contributed by atoms with Crippen LogP contribution in [0.1, 0.15) is 46.9 Å². The fourth-order valence-corrected chi connectivity index (χ4v) is 5.20. The van der Waals surface area contributed by atoms with E-state index in [4.69, 9.17) is 22.1 Å². The van der Waals surface area contributed by atoms with Gasteiger partial charge < -0.3 is 20.3 Å². The first-order valence-electron chi connectivity index (χ1n) is 11.7. The predicted octanol–water partition coefficient (Wildman–Crippen LogP) is 4.86. The summed E-state index contributed by atoms with van der Waals surface area (Å²) in [5, 5.41) is 24.6. The van der Waals surface area contributed by atoms with E-state index in [1.165, 1.54) is 31.0 Å². The lowest BCUT2D eigenvalue weighted by atomic mass is 9.96. The normalized spacial score (nSPS) is 16.7. The third-order valence-electron chi connectivity index (χ3n) is 5.77. The zero-order valence-electron chi connectivity index (χ0n) is 20.4. The number of rotatable bonds is 7. The van der Waals surface area contributed by atoms with Crippen LogP contribution in [0.4, 0.5) is 10.6 Å². The Balaban J connectivity index is 1.79. The number of aromatic nitrogens is 1. The average Bonchev–Trinajstić information content (AvgIpc) is 3.33. The van der Waals surface area contributed by atoms with E-state index in [0.29, 0.717) is 38.1 Å². The molecule has 0 spiro atoms. The Hall–Kier alpha value is -3.82. The van der Waals surface area contributed by atoms with Crippen LogP contribution in [0, 0.1) is 11.3 Å². The minimum atomic E-state index is -1.19. The number of aliphatic imine (C=N–C) groups is 2. The van der Waals surface area contributed by atoms with Gasteiger partial charge in [-0.3, -0.25) is 5.32 Å². The smallest absolute Gasteiger partial charge is 0.412 e. The van der Waals surface area contributed by atoms with Crippen LogP contribution in [0.15, 0.2) is 52.6 Å². The van der Waals surface area contributed by atoms with E-state index >= 15 is 0 Å². The van der Waals surface area contributed by atoms with E-state index in [0.717, 1.165) is 19.3 Å². The highest BCUT2D eigenvalue weighted by molar-refractivity contribution is 7.18. The Morgan fingerprint density at radius 2 is 2.18 bits per heavy atom. The highest BCUT2D eigenvalue weighted by Gasteiger charge is 2.28. The number of methoxy groups -OCH3 is 1. The number of aliphatic hydroxyl groups is 1. The summed E-state index contributed by atoms with van der Waals surface area (Å²) in [5.41, 5.74) is 8.01. The number of nitrogens with two attached hydrogens (primary N) is 1. The van der Waals surface area contributed by atoms with Gasteiger partial charge in [-0.25, -0.2) is 19.8 Å². The first-order chi connectivity index (χ1) is 18.4. The van der Waals surface area contributed by atoms with Gasteiger partial charge in [-0.05, 0) is 54.7 Å². The minimum absolute atomic E-state index is 0.0855. The molecule has 0 bridgehead atoms. The van der Waals surface area contributed by atoms with E-state index in [9.17, 15) is 15.2 Å². The van der Waals surface area contributed by atoms with Crippen LogP contribution < -0.4 is 11.1 Å². The summed E-state index contributed by atoms with van der Waals surface area (Å²) in [6.07, 6.45) is 3.53. The largest absolute Gasteiger partial charge is 0.453 e. The second-order valence-electron chi connectivity index (χ2n) is 8.26. The second kappa shape index (κ2) is 12.6. The van der Waals surface area contributed by atoms with Crippen LogP contribution in [0.2, 0.25) is 5.02 Å². The van der Waals surface area contributed by atoms with Gasteiger partial charge in [0.05, 0.1) is 22.4 Å². The molecule has 1 aromatic carbocycles. The van der Waals surface area contributed by atoms with Crippen molar-refractivity contribution in [3.8, 4) is 16.5 Å². The van der Waals surface area contributed by atoms with Gasteiger partial charge in [-0.2, -0.15) is 5.26 Å². The lowest BCUT2D eigenvalue weighted by Gasteiger charge is -2.17. The van der Waals surface area contributed by atoms with E-state index in [1.807, 2.05) is 0 Å². The number of ether oxygens (including phenoxy) is 2. The number of thiophene rings is 1. The van der Waals surface area contributed by atoms with Crippen molar-refractivity contribution in [1.82, 2.24) is 4.98 Å². The van der Waals surface area contributed by atoms with Crippen LogP contribution in [0.3, 0.4) is 0 Å². The van der Waals surface area contributed by atoms with E-state index in [1.54, 1.807) is 36.4 Å². The molecule has 3 aromatic rings. The van der Waals surface area contributed by atoms with Gasteiger partial charge >= 0.3 is 6.09 Å². The molecule has 1 aliphatic rings. The van der Waals surface area contributed by atoms with Gasteiger partial charge in [0, 0.05) is 23.4 Å². The van der Waals surface area contributed by atoms with E-state index in [2.05, 4.69) is 31.1 Å². The minimum Gasteiger partial charge on any atom is -0.453 e. The maximum Gasteiger partial charge on any atom is 0.412 e. The average molecular weight is 553 g/mol. The third kappa shape index (κ3) is 6.35. The van der Waals surface area contributed by atoms with Crippen molar-refractivity contribution in [1.29, 1.82) is 5.26 Å². The van der Waals surface area contributed by atoms with Crippen LogP contribution in [0.25, 0.3) is 10.4 Å². The monoisotopic (exact) mass is 552 g/mol. The van der Waals surface area contributed by atoms with Gasteiger partial charge in [0.1, 0.15) is 36.4 Å². The molecule has 0 aliphatic carbocycles. The number of benzene rings is 1. The van der Waals surface area contributed by atoms with Crippen LogP contribution >= 0.6 is 22.9 Å². The predicted molar refractivity (Wildman–Crippen MR) is 147 cm³/mol. The lowest BCUT2D eigenvalue weighted by molar-refractivity contribution is 0.0226. The van der Waals surface area contributed by atoms with Crippen molar-refractivity contribution in [2.45, 2.75) is 31.6 Å². The first kappa shape index (κ1) is 27.2. The summed E-state index contributed by atoms with van der Waals surface area (Å²) in [7, 11) is 1.24. The highest BCUT2D eigenvalue weighted by atomic mass is 35.5. The fourth-order valence-electron chi connectivity index (χ4n) is 3.89. The molecule has 10 nitrogen and oxygen atoms in total. The number of amides is 1. The van der Waals surface area contributed by atoms with Gasteiger partial charge in [0.15, 0.2) is 0 Å². The molecule has 1 saturated heterocycles. The fraction of sp³-hybridized carbons (Fsp3) is 0.269. The van der Waals surface area contributed by atoms with Crippen LogP contribution in [-0.2, 0) is 9.47 Å². The molecule has 4 rings (SSSR count). The Bertz CT molecular complexity index is 1390. The summed E-state index contributed by atoms with van der Waals surface area (Å²) in [6, 6.07) is 12.2. The van der Waals surface area contributed by atoms with Crippen molar-refractivity contribution < 1.29 is 19.4 Å². The van der Waals surface area contributed by atoms with Crippen molar-refractivity contribution in [2.75, 3.05) is 19.0 Å². The third-order valence-corrected chi connectivity index (χ3v) is 7.30. The molecule has 1 aliphatic heterocycles. The molecule has 12 heteroatoms. The molecule has 0 saturated carbocycles. The van der Waals surface area contributed by atoms with Crippen LogP contribution in [0.5, 0.6) is 0 Å². The number of pyridine rings is 1. The number of hydrogen-bond acceptors (Lipinski definition) is 8. The molecule has 4 N–H and O–H groups in total. The second-order valence-corrected chi connectivity index (χ2v) is 9.72. The number of nitrogens with one attached hydrogen (secondary N) is 1. The molecule has 3 heterocycles. The molecule has 1 amide bonds. The van der Waals surface area contributed by atoms with Gasteiger partial charge in [-0.1, -0.05) is 23.7 Å². The summed E-state index contributed by atoms with van der Waals surface area (Å²) in [4.78, 5) is 25.3. The van der Waals surface area contributed by atoms with Crippen molar-refractivity contribution in [3.05, 3.63) is 69.2 Å². The molecule has 2 aromatic heterocycles. The number of amidine groups is 1. The zero-order chi connectivity index (χ0) is 27.1. The number of anilines is 1. The Kier molecular flexibility index (Phi) is 9.04. The molecule has 196 valence electrons. The van der Waals surface area contributed by atoms with Crippen molar-refractivity contribution >= 4 is 47.0 Å². The topological polar surface area (TPSA) is 155 Å². The molecule has 2 unspecified atom stereocenters. The van der Waals surface area contributed by atoms with Gasteiger partial charge in [-0.15, -0.1) is 11.3 Å².